The topological polar surface area (TPSA) is 66.4 Å². The first-order valence-corrected chi connectivity index (χ1v) is 9.61. The number of anilines is 1. The minimum absolute atomic E-state index is 0.0769. The number of rotatable bonds is 4. The second-order valence-corrected chi connectivity index (χ2v) is 7.81. The van der Waals surface area contributed by atoms with Gasteiger partial charge in [0.25, 0.3) is 11.7 Å². The summed E-state index contributed by atoms with van der Waals surface area (Å²) in [4.78, 5) is 23.6. The molecule has 4 nitrogen and oxygen atoms in total. The number of carbonyl (C=O) groups excluding carboxylic acids is 2. The zero-order chi connectivity index (χ0) is 20.6. The number of alkyl halides is 3. The maximum absolute atomic E-state index is 12.7. The normalized spacial score (nSPS) is 14.9. The average Bonchev–Trinajstić information content (AvgIpc) is 2.93. The van der Waals surface area contributed by atoms with Crippen molar-refractivity contribution in [3.8, 4) is 5.75 Å². The molecule has 0 aliphatic carbocycles. The van der Waals surface area contributed by atoms with E-state index in [-0.39, 0.29) is 16.9 Å². The largest absolute Gasteiger partial charge is 0.506 e. The van der Waals surface area contributed by atoms with E-state index < -0.39 is 23.4 Å². The fourth-order valence-electron chi connectivity index (χ4n) is 2.84. The molecule has 28 heavy (non-hydrogen) atoms. The van der Waals surface area contributed by atoms with Crippen molar-refractivity contribution < 1.29 is 27.9 Å². The predicted octanol–water partition coefficient (Wildman–Crippen LogP) is 5.63. The molecule has 1 aliphatic rings. The number of benzene rings is 2. The second-order valence-electron chi connectivity index (χ2n) is 6.11. The molecule has 9 heteroatoms. The molecular weight excluding hydrogens is 507 g/mol. The Hall–Kier alpha value is -2.13. The third kappa shape index (κ3) is 4.15. The van der Waals surface area contributed by atoms with Crippen LogP contribution in [0.1, 0.15) is 27.9 Å². The summed E-state index contributed by atoms with van der Waals surface area (Å²) in [5.74, 6) is -2.31. The number of phenolic OH excluding ortho intramolecular Hbond substituents is 1. The van der Waals surface area contributed by atoms with Gasteiger partial charge in [-0.15, -0.1) is 0 Å². The number of carbonyl (C=O) groups is 2. The fourth-order valence-corrected chi connectivity index (χ4v) is 4.12. The lowest BCUT2D eigenvalue weighted by Crippen LogP contribution is -2.22. The van der Waals surface area contributed by atoms with Crippen LogP contribution in [0.15, 0.2) is 45.4 Å². The van der Waals surface area contributed by atoms with Crippen LogP contribution in [0, 0.1) is 0 Å². The summed E-state index contributed by atoms with van der Waals surface area (Å²) < 4.78 is 39.1. The SMILES string of the molecule is O=C1Nc2ccc(C(=O)C(F)(F)F)cc2/C1=C/CCc1cc(Br)c(O)c(Br)c1. The number of halogens is 5. The molecule has 2 aromatic rings. The lowest BCUT2D eigenvalue weighted by Gasteiger charge is -2.07. The third-order valence-corrected chi connectivity index (χ3v) is 5.39. The first kappa shape index (κ1) is 20.6. The van der Waals surface area contributed by atoms with E-state index in [0.717, 1.165) is 17.7 Å². The number of ketones is 1. The highest BCUT2D eigenvalue weighted by Gasteiger charge is 2.40. The van der Waals surface area contributed by atoms with Crippen LogP contribution in [-0.4, -0.2) is 23.0 Å². The van der Waals surface area contributed by atoms with E-state index in [1.807, 2.05) is 0 Å². The number of aryl methyl sites for hydroxylation is 1. The first-order valence-electron chi connectivity index (χ1n) is 8.02. The van der Waals surface area contributed by atoms with Gasteiger partial charge in [0.15, 0.2) is 0 Å². The van der Waals surface area contributed by atoms with Gasteiger partial charge >= 0.3 is 6.18 Å². The molecule has 1 amide bonds. The second kappa shape index (κ2) is 7.71. The predicted molar refractivity (Wildman–Crippen MR) is 105 cm³/mol. The van der Waals surface area contributed by atoms with Crippen molar-refractivity contribution in [2.75, 3.05) is 5.32 Å². The van der Waals surface area contributed by atoms with Crippen LogP contribution in [0.2, 0.25) is 0 Å². The number of phenols is 1. The van der Waals surface area contributed by atoms with E-state index in [1.165, 1.54) is 6.07 Å². The van der Waals surface area contributed by atoms with Gasteiger partial charge in [-0.2, -0.15) is 13.2 Å². The van der Waals surface area contributed by atoms with Gasteiger partial charge in [0.05, 0.1) is 8.95 Å². The zero-order valence-corrected chi connectivity index (χ0v) is 17.2. The standard InChI is InChI=1S/C19H12Br2F3NO3/c20-13-6-9(7-14(21)16(13)26)2-1-3-11-12-8-10(17(27)19(22,23)24)4-5-15(12)25-18(11)28/h3-8,26H,1-2H2,(H,25,28)/b11-3-. The highest BCUT2D eigenvalue weighted by Crippen LogP contribution is 2.36. The van der Waals surface area contributed by atoms with E-state index in [9.17, 15) is 27.9 Å². The van der Waals surface area contributed by atoms with Gasteiger partial charge in [-0.1, -0.05) is 6.08 Å². The molecule has 0 aromatic heterocycles. The Morgan fingerprint density at radius 3 is 2.39 bits per heavy atom. The lowest BCUT2D eigenvalue weighted by atomic mass is 10.00. The van der Waals surface area contributed by atoms with Gasteiger partial charge in [-0.05, 0) is 80.6 Å². The maximum atomic E-state index is 12.7. The summed E-state index contributed by atoms with van der Waals surface area (Å²) in [5.41, 5.74) is 1.23. The molecule has 0 atom stereocenters. The molecule has 0 spiro atoms. The van der Waals surface area contributed by atoms with Crippen LogP contribution in [0.4, 0.5) is 18.9 Å². The monoisotopic (exact) mass is 517 g/mol. The Morgan fingerprint density at radius 1 is 1.14 bits per heavy atom. The van der Waals surface area contributed by atoms with E-state index in [2.05, 4.69) is 37.2 Å². The quantitative estimate of drug-likeness (QED) is 0.407. The molecule has 1 heterocycles. The van der Waals surface area contributed by atoms with Crippen LogP contribution in [0.3, 0.4) is 0 Å². The van der Waals surface area contributed by atoms with Crippen LogP contribution in [-0.2, 0) is 11.2 Å². The minimum Gasteiger partial charge on any atom is -0.506 e. The van der Waals surface area contributed by atoms with Crippen molar-refractivity contribution in [1.82, 2.24) is 0 Å². The van der Waals surface area contributed by atoms with Gasteiger partial charge in [0, 0.05) is 22.4 Å². The Morgan fingerprint density at radius 2 is 1.79 bits per heavy atom. The molecule has 0 saturated carbocycles. The molecule has 0 radical (unpaired) electrons. The molecule has 0 saturated heterocycles. The fraction of sp³-hybridized carbons (Fsp3) is 0.158. The van der Waals surface area contributed by atoms with Crippen LogP contribution < -0.4 is 5.32 Å². The van der Waals surface area contributed by atoms with Crippen molar-refractivity contribution in [2.24, 2.45) is 0 Å². The average molecular weight is 519 g/mol. The van der Waals surface area contributed by atoms with Crippen LogP contribution in [0.5, 0.6) is 5.75 Å². The van der Waals surface area contributed by atoms with Gasteiger partial charge in [0.2, 0.25) is 0 Å². The number of hydrogen-bond donors (Lipinski definition) is 2. The number of nitrogens with one attached hydrogen (secondary N) is 1. The Kier molecular flexibility index (Phi) is 5.67. The molecule has 0 fully saturated rings. The van der Waals surface area contributed by atoms with Crippen LogP contribution >= 0.6 is 31.9 Å². The minimum atomic E-state index is -4.98. The number of hydrogen-bond acceptors (Lipinski definition) is 3. The van der Waals surface area contributed by atoms with E-state index >= 15 is 0 Å². The molecule has 0 bridgehead atoms. The summed E-state index contributed by atoms with van der Waals surface area (Å²) in [6, 6.07) is 6.90. The number of amides is 1. The van der Waals surface area contributed by atoms with Crippen LogP contribution in [0.25, 0.3) is 5.57 Å². The van der Waals surface area contributed by atoms with Gasteiger partial charge in [-0.25, -0.2) is 0 Å². The number of aromatic hydroxyl groups is 1. The van der Waals surface area contributed by atoms with E-state index in [4.69, 9.17) is 0 Å². The van der Waals surface area contributed by atoms with Crippen molar-refractivity contribution in [1.29, 1.82) is 0 Å². The van der Waals surface area contributed by atoms with E-state index in [0.29, 0.717) is 27.5 Å². The number of allylic oxidation sites excluding steroid dienone is 1. The number of fused-ring (bicyclic) bond motifs is 1. The zero-order valence-electron chi connectivity index (χ0n) is 14.0. The van der Waals surface area contributed by atoms with Gasteiger partial charge < -0.3 is 10.4 Å². The summed E-state index contributed by atoms with van der Waals surface area (Å²) >= 11 is 6.48. The van der Waals surface area contributed by atoms with Crippen molar-refractivity contribution in [3.05, 3.63) is 62.0 Å². The molecule has 2 aromatic carbocycles. The Bertz CT molecular complexity index is 993. The van der Waals surface area contributed by atoms with Crippen molar-refractivity contribution in [3.63, 3.8) is 0 Å². The number of Topliss-reactive ketones (excluding diaryl/α,β-unsaturated/α-hetero) is 1. The molecule has 1 aliphatic heterocycles. The summed E-state index contributed by atoms with van der Waals surface area (Å²) in [6.07, 6.45) is -2.39. The van der Waals surface area contributed by atoms with Gasteiger partial charge in [0.1, 0.15) is 5.75 Å². The summed E-state index contributed by atoms with van der Waals surface area (Å²) in [7, 11) is 0. The van der Waals surface area contributed by atoms with E-state index in [1.54, 1.807) is 18.2 Å². The molecule has 2 N–H and O–H groups in total. The first-order chi connectivity index (χ1) is 13.1. The molecule has 0 unspecified atom stereocenters. The molecule has 3 rings (SSSR count). The summed E-state index contributed by atoms with van der Waals surface area (Å²) in [5, 5.41) is 12.3. The Balaban J connectivity index is 1.84. The van der Waals surface area contributed by atoms with Crippen molar-refractivity contribution >= 4 is 54.8 Å². The molecule has 146 valence electrons. The highest BCUT2D eigenvalue weighted by molar-refractivity contribution is 9.11. The smallest absolute Gasteiger partial charge is 0.454 e. The van der Waals surface area contributed by atoms with Gasteiger partial charge in [-0.3, -0.25) is 9.59 Å². The van der Waals surface area contributed by atoms with Crippen molar-refractivity contribution in [2.45, 2.75) is 19.0 Å². The highest BCUT2D eigenvalue weighted by atomic mass is 79.9. The Labute approximate surface area is 174 Å². The lowest BCUT2D eigenvalue weighted by molar-refractivity contribution is -0.110. The maximum Gasteiger partial charge on any atom is 0.454 e. The molecular formula is C19H12Br2F3NO3. The third-order valence-electron chi connectivity index (χ3n) is 4.18. The summed E-state index contributed by atoms with van der Waals surface area (Å²) in [6.45, 7) is 0.